The highest BCUT2D eigenvalue weighted by Gasteiger charge is 2.35. The summed E-state index contributed by atoms with van der Waals surface area (Å²) in [5.74, 6) is 0.978. The van der Waals surface area contributed by atoms with Crippen LogP contribution in [0.15, 0.2) is 59.8 Å². The van der Waals surface area contributed by atoms with E-state index in [9.17, 15) is 8.42 Å². The van der Waals surface area contributed by atoms with Crippen molar-refractivity contribution in [3.63, 3.8) is 0 Å². The van der Waals surface area contributed by atoms with Crippen LogP contribution in [-0.4, -0.2) is 42.3 Å². The van der Waals surface area contributed by atoms with E-state index in [1.165, 1.54) is 0 Å². The highest BCUT2D eigenvalue weighted by molar-refractivity contribution is 7.89. The number of aryl methyl sites for hydroxylation is 1. The third-order valence-corrected chi connectivity index (χ3v) is 7.25. The average molecular weight is 411 g/mol. The topological polar surface area (TPSA) is 73.7 Å². The molecular formula is C21H21N3O4S. The molecule has 3 heterocycles. The SMILES string of the molecule is Cn1cc([C@@H]2CN(S(=O)(=O)c3ccc4c(c3)OCCO4)Cc3ccccc32)cn1. The summed E-state index contributed by atoms with van der Waals surface area (Å²) in [5.41, 5.74) is 3.16. The maximum absolute atomic E-state index is 13.5. The molecule has 0 saturated heterocycles. The molecule has 0 amide bonds. The van der Waals surface area contributed by atoms with Crippen LogP contribution in [0.25, 0.3) is 0 Å². The number of fused-ring (bicyclic) bond motifs is 2. The summed E-state index contributed by atoms with van der Waals surface area (Å²) in [6, 6.07) is 12.8. The molecule has 0 N–H and O–H groups in total. The minimum atomic E-state index is -3.70. The van der Waals surface area contributed by atoms with E-state index in [-0.39, 0.29) is 10.8 Å². The van der Waals surface area contributed by atoms with Gasteiger partial charge in [0.15, 0.2) is 11.5 Å². The van der Waals surface area contributed by atoms with Crippen LogP contribution in [0.2, 0.25) is 0 Å². The van der Waals surface area contributed by atoms with Gasteiger partial charge >= 0.3 is 0 Å². The Hall–Kier alpha value is -2.84. The second-order valence-corrected chi connectivity index (χ2v) is 9.24. The number of ether oxygens (including phenoxy) is 2. The van der Waals surface area contributed by atoms with Crippen LogP contribution in [0.3, 0.4) is 0 Å². The van der Waals surface area contributed by atoms with Crippen LogP contribution in [0.1, 0.15) is 22.6 Å². The van der Waals surface area contributed by atoms with Gasteiger partial charge in [-0.15, -0.1) is 0 Å². The van der Waals surface area contributed by atoms with E-state index in [1.807, 2.05) is 37.6 Å². The summed E-state index contributed by atoms with van der Waals surface area (Å²) in [6.07, 6.45) is 3.75. The molecule has 0 bridgehead atoms. The molecule has 29 heavy (non-hydrogen) atoms. The minimum absolute atomic E-state index is 0.0689. The Labute approximate surface area is 169 Å². The van der Waals surface area contributed by atoms with Crippen molar-refractivity contribution < 1.29 is 17.9 Å². The van der Waals surface area contributed by atoms with E-state index < -0.39 is 10.0 Å². The van der Waals surface area contributed by atoms with Gasteiger partial charge in [0, 0.05) is 38.3 Å². The number of sulfonamides is 1. The lowest BCUT2D eigenvalue weighted by Gasteiger charge is -2.33. The fourth-order valence-corrected chi connectivity index (χ4v) is 5.44. The lowest BCUT2D eigenvalue weighted by Crippen LogP contribution is -2.38. The van der Waals surface area contributed by atoms with Gasteiger partial charge in [0.25, 0.3) is 0 Å². The van der Waals surface area contributed by atoms with Crippen LogP contribution in [0.4, 0.5) is 0 Å². The van der Waals surface area contributed by atoms with Gasteiger partial charge in [0.05, 0.1) is 11.1 Å². The number of nitrogens with zero attached hydrogens (tertiary/aromatic N) is 3. The predicted octanol–water partition coefficient (Wildman–Crippen LogP) is 2.53. The minimum Gasteiger partial charge on any atom is -0.486 e. The summed E-state index contributed by atoms with van der Waals surface area (Å²) in [5, 5.41) is 4.28. The summed E-state index contributed by atoms with van der Waals surface area (Å²) >= 11 is 0. The van der Waals surface area contributed by atoms with E-state index in [0.717, 1.165) is 16.7 Å². The quantitative estimate of drug-likeness (QED) is 0.662. The first kappa shape index (κ1) is 18.2. The molecule has 0 spiro atoms. The van der Waals surface area contributed by atoms with Crippen molar-refractivity contribution in [2.24, 2.45) is 7.05 Å². The Bertz CT molecular complexity index is 1170. The molecule has 1 aromatic heterocycles. The molecule has 7 nitrogen and oxygen atoms in total. The number of benzene rings is 2. The Balaban J connectivity index is 1.54. The molecule has 5 rings (SSSR count). The van der Waals surface area contributed by atoms with Gasteiger partial charge in [-0.3, -0.25) is 4.68 Å². The van der Waals surface area contributed by atoms with Crippen molar-refractivity contribution >= 4 is 10.0 Å². The first-order chi connectivity index (χ1) is 14.0. The van der Waals surface area contributed by atoms with Crippen molar-refractivity contribution in [1.82, 2.24) is 14.1 Å². The summed E-state index contributed by atoms with van der Waals surface area (Å²) < 4.78 is 41.3. The van der Waals surface area contributed by atoms with Gasteiger partial charge in [-0.25, -0.2) is 8.42 Å². The Morgan fingerprint density at radius 3 is 2.66 bits per heavy atom. The molecule has 0 saturated carbocycles. The maximum atomic E-state index is 13.5. The fourth-order valence-electron chi connectivity index (χ4n) is 4.00. The molecule has 0 unspecified atom stereocenters. The van der Waals surface area contributed by atoms with Crippen LogP contribution < -0.4 is 9.47 Å². The van der Waals surface area contributed by atoms with Crippen molar-refractivity contribution in [1.29, 1.82) is 0 Å². The van der Waals surface area contributed by atoms with Crippen LogP contribution >= 0.6 is 0 Å². The van der Waals surface area contributed by atoms with Crippen molar-refractivity contribution in [3.05, 3.63) is 71.5 Å². The Morgan fingerprint density at radius 2 is 1.86 bits per heavy atom. The Morgan fingerprint density at radius 1 is 1.07 bits per heavy atom. The molecule has 2 aliphatic heterocycles. The van der Waals surface area contributed by atoms with Crippen LogP contribution in [0, 0.1) is 0 Å². The van der Waals surface area contributed by atoms with Gasteiger partial charge in [-0.1, -0.05) is 24.3 Å². The van der Waals surface area contributed by atoms with Crippen LogP contribution in [0.5, 0.6) is 11.5 Å². The van der Waals surface area contributed by atoms with Crippen molar-refractivity contribution in [3.8, 4) is 11.5 Å². The highest BCUT2D eigenvalue weighted by Crippen LogP contribution is 2.38. The normalized spacial score (nSPS) is 19.0. The smallest absolute Gasteiger partial charge is 0.243 e. The molecule has 0 aliphatic carbocycles. The van der Waals surface area contributed by atoms with Gasteiger partial charge < -0.3 is 9.47 Å². The molecule has 8 heteroatoms. The van der Waals surface area contributed by atoms with Gasteiger partial charge in [-0.05, 0) is 28.8 Å². The largest absolute Gasteiger partial charge is 0.486 e. The molecule has 3 aromatic rings. The zero-order valence-corrected chi connectivity index (χ0v) is 16.8. The number of rotatable bonds is 3. The summed E-state index contributed by atoms with van der Waals surface area (Å²) in [7, 11) is -1.84. The third kappa shape index (κ3) is 3.18. The first-order valence-electron chi connectivity index (χ1n) is 9.48. The van der Waals surface area contributed by atoms with Gasteiger partial charge in [0.2, 0.25) is 10.0 Å². The second-order valence-electron chi connectivity index (χ2n) is 7.30. The fraction of sp³-hybridized carbons (Fsp3) is 0.286. The third-order valence-electron chi connectivity index (χ3n) is 5.44. The van der Waals surface area contributed by atoms with Gasteiger partial charge in [0.1, 0.15) is 13.2 Å². The van der Waals surface area contributed by atoms with E-state index in [0.29, 0.717) is 37.8 Å². The summed E-state index contributed by atoms with van der Waals surface area (Å²) in [6.45, 7) is 1.58. The monoisotopic (exact) mass is 411 g/mol. The van der Waals surface area contributed by atoms with Gasteiger partial charge in [-0.2, -0.15) is 9.40 Å². The number of hydrogen-bond acceptors (Lipinski definition) is 5. The molecule has 0 radical (unpaired) electrons. The van der Waals surface area contributed by atoms with E-state index >= 15 is 0 Å². The zero-order valence-electron chi connectivity index (χ0n) is 16.0. The lowest BCUT2D eigenvalue weighted by atomic mass is 9.87. The number of aromatic nitrogens is 2. The lowest BCUT2D eigenvalue weighted by molar-refractivity contribution is 0.171. The first-order valence-corrected chi connectivity index (χ1v) is 10.9. The molecule has 2 aliphatic rings. The molecular weight excluding hydrogens is 390 g/mol. The van der Waals surface area contributed by atoms with Crippen molar-refractivity contribution in [2.45, 2.75) is 17.4 Å². The second kappa shape index (κ2) is 6.89. The standard InChI is InChI=1S/C21H21N3O4S/c1-23-12-16(11-22-23)19-14-24(13-15-4-2-3-5-18(15)19)29(25,26)17-6-7-20-21(10-17)28-9-8-27-20/h2-7,10-12,19H,8-9,13-14H2,1H3/t19-/m0/s1. The van der Waals surface area contributed by atoms with E-state index in [1.54, 1.807) is 27.2 Å². The zero-order chi connectivity index (χ0) is 20.0. The van der Waals surface area contributed by atoms with E-state index in [2.05, 4.69) is 11.2 Å². The number of hydrogen-bond donors (Lipinski definition) is 0. The van der Waals surface area contributed by atoms with E-state index in [4.69, 9.17) is 9.47 Å². The molecule has 1 atom stereocenters. The highest BCUT2D eigenvalue weighted by atomic mass is 32.2. The molecule has 150 valence electrons. The summed E-state index contributed by atoms with van der Waals surface area (Å²) in [4.78, 5) is 0.214. The molecule has 2 aromatic carbocycles. The average Bonchev–Trinajstić information content (AvgIpc) is 3.18. The van der Waals surface area contributed by atoms with Crippen molar-refractivity contribution in [2.75, 3.05) is 19.8 Å². The maximum Gasteiger partial charge on any atom is 0.243 e. The molecule has 0 fully saturated rings. The predicted molar refractivity (Wildman–Crippen MR) is 107 cm³/mol. The Kier molecular flexibility index (Phi) is 4.33. The van der Waals surface area contributed by atoms with Crippen LogP contribution in [-0.2, 0) is 23.6 Å².